The van der Waals surface area contributed by atoms with Crippen LogP contribution in [0.5, 0.6) is 0 Å². The van der Waals surface area contributed by atoms with Crippen molar-refractivity contribution in [3.8, 4) is 0 Å². The fraction of sp³-hybridized carbons (Fsp3) is 0.500. The summed E-state index contributed by atoms with van der Waals surface area (Å²) in [6.07, 6.45) is 2.51. The van der Waals surface area contributed by atoms with E-state index in [1.54, 1.807) is 6.33 Å². The molecule has 7 nitrogen and oxygen atoms in total. The van der Waals surface area contributed by atoms with Gasteiger partial charge in [-0.1, -0.05) is 0 Å². The maximum Gasteiger partial charge on any atom is 0.151 e. The standard InChI is InChI=1S/C16H20N6O/c1-11-2-3-15(21-20-11)22-7-12(8-22)6-17-16-13-9-23-5-4-14(13)18-10-19-16/h2-3,10,12H,4-9H2,1H3,(H,17,18,19). The quantitative estimate of drug-likeness (QED) is 0.909. The van der Waals surface area contributed by atoms with Crippen LogP contribution in [-0.4, -0.2) is 46.4 Å². The number of ether oxygens (including phenoxy) is 1. The van der Waals surface area contributed by atoms with Crippen molar-refractivity contribution >= 4 is 11.6 Å². The van der Waals surface area contributed by atoms with Crippen molar-refractivity contribution in [2.75, 3.05) is 36.5 Å². The molecule has 4 heterocycles. The molecular weight excluding hydrogens is 292 g/mol. The predicted octanol–water partition coefficient (Wildman–Crippen LogP) is 1.20. The van der Waals surface area contributed by atoms with Crippen LogP contribution in [0.1, 0.15) is 17.0 Å². The Balaban J connectivity index is 1.32. The Morgan fingerprint density at radius 1 is 1.26 bits per heavy atom. The second-order valence-electron chi connectivity index (χ2n) is 6.13. The zero-order chi connectivity index (χ0) is 15.6. The minimum atomic E-state index is 0.591. The third-order valence-corrected chi connectivity index (χ3v) is 4.39. The first-order valence-corrected chi connectivity index (χ1v) is 7.99. The lowest BCUT2D eigenvalue weighted by Gasteiger charge is -2.40. The van der Waals surface area contributed by atoms with Crippen LogP contribution in [0.25, 0.3) is 0 Å². The van der Waals surface area contributed by atoms with Crippen molar-refractivity contribution < 1.29 is 4.74 Å². The van der Waals surface area contributed by atoms with Gasteiger partial charge in [0.1, 0.15) is 12.1 Å². The SMILES string of the molecule is Cc1ccc(N2CC(CNc3ncnc4c3COCC4)C2)nn1. The van der Waals surface area contributed by atoms with Crippen LogP contribution in [0.3, 0.4) is 0 Å². The van der Waals surface area contributed by atoms with Crippen LogP contribution >= 0.6 is 0 Å². The van der Waals surface area contributed by atoms with Gasteiger partial charge in [-0.2, -0.15) is 5.10 Å². The molecule has 0 aliphatic carbocycles. The minimum absolute atomic E-state index is 0.591. The fourth-order valence-electron chi connectivity index (χ4n) is 3.00. The largest absolute Gasteiger partial charge is 0.376 e. The van der Waals surface area contributed by atoms with Gasteiger partial charge in [0.15, 0.2) is 5.82 Å². The number of aromatic nitrogens is 4. The highest BCUT2D eigenvalue weighted by Crippen LogP contribution is 2.24. The summed E-state index contributed by atoms with van der Waals surface area (Å²) in [7, 11) is 0. The van der Waals surface area contributed by atoms with E-state index in [0.29, 0.717) is 12.5 Å². The van der Waals surface area contributed by atoms with E-state index in [-0.39, 0.29) is 0 Å². The lowest BCUT2D eigenvalue weighted by atomic mass is 10.00. The molecule has 0 bridgehead atoms. The first-order chi connectivity index (χ1) is 11.3. The van der Waals surface area contributed by atoms with E-state index in [4.69, 9.17) is 4.74 Å². The van der Waals surface area contributed by atoms with Gasteiger partial charge in [0.05, 0.1) is 24.6 Å². The lowest BCUT2D eigenvalue weighted by Crippen LogP contribution is -2.50. The average molecular weight is 312 g/mol. The van der Waals surface area contributed by atoms with Crippen LogP contribution in [0.4, 0.5) is 11.6 Å². The second-order valence-corrected chi connectivity index (χ2v) is 6.13. The number of hydrogen-bond donors (Lipinski definition) is 1. The number of rotatable bonds is 4. The number of fused-ring (bicyclic) bond motifs is 1. The highest BCUT2D eigenvalue weighted by Gasteiger charge is 2.28. The third-order valence-electron chi connectivity index (χ3n) is 4.39. The molecule has 7 heteroatoms. The molecule has 0 radical (unpaired) electrons. The van der Waals surface area contributed by atoms with Gasteiger partial charge >= 0.3 is 0 Å². The maximum absolute atomic E-state index is 5.52. The van der Waals surface area contributed by atoms with Crippen molar-refractivity contribution in [3.63, 3.8) is 0 Å². The Kier molecular flexibility index (Phi) is 3.78. The second kappa shape index (κ2) is 6.08. The summed E-state index contributed by atoms with van der Waals surface area (Å²) in [5, 5.41) is 11.8. The van der Waals surface area contributed by atoms with Gasteiger partial charge < -0.3 is 15.0 Å². The third kappa shape index (κ3) is 2.96. The van der Waals surface area contributed by atoms with Crippen molar-refractivity contribution in [3.05, 3.63) is 35.4 Å². The van der Waals surface area contributed by atoms with Crippen LogP contribution in [0.15, 0.2) is 18.5 Å². The molecule has 0 unspecified atom stereocenters. The molecule has 1 fully saturated rings. The van der Waals surface area contributed by atoms with Crippen LogP contribution in [0, 0.1) is 12.8 Å². The fourth-order valence-corrected chi connectivity index (χ4v) is 3.00. The molecule has 0 spiro atoms. The molecule has 1 N–H and O–H groups in total. The van der Waals surface area contributed by atoms with Gasteiger partial charge in [-0.05, 0) is 19.1 Å². The monoisotopic (exact) mass is 312 g/mol. The molecular formula is C16H20N6O. The predicted molar refractivity (Wildman–Crippen MR) is 86.4 cm³/mol. The number of aryl methyl sites for hydroxylation is 1. The van der Waals surface area contributed by atoms with Crippen molar-refractivity contribution in [2.24, 2.45) is 5.92 Å². The normalized spacial score (nSPS) is 17.5. The van der Waals surface area contributed by atoms with E-state index in [1.807, 2.05) is 19.1 Å². The molecule has 0 aromatic carbocycles. The van der Waals surface area contributed by atoms with Gasteiger partial charge in [-0.3, -0.25) is 0 Å². The van der Waals surface area contributed by atoms with Gasteiger partial charge in [0.2, 0.25) is 0 Å². The molecule has 23 heavy (non-hydrogen) atoms. The first kappa shape index (κ1) is 14.3. The molecule has 2 aromatic heterocycles. The highest BCUT2D eigenvalue weighted by molar-refractivity contribution is 5.47. The van der Waals surface area contributed by atoms with Crippen LogP contribution in [0.2, 0.25) is 0 Å². The molecule has 1 saturated heterocycles. The topological polar surface area (TPSA) is 76.1 Å². The summed E-state index contributed by atoms with van der Waals surface area (Å²) in [4.78, 5) is 11.0. The molecule has 2 aromatic rings. The summed E-state index contributed by atoms with van der Waals surface area (Å²) in [6, 6.07) is 4.03. The summed E-state index contributed by atoms with van der Waals surface area (Å²) >= 11 is 0. The van der Waals surface area contributed by atoms with E-state index in [1.165, 1.54) is 0 Å². The summed E-state index contributed by atoms with van der Waals surface area (Å²) < 4.78 is 5.52. The van der Waals surface area contributed by atoms with Crippen LogP contribution in [-0.2, 0) is 17.8 Å². The molecule has 120 valence electrons. The summed E-state index contributed by atoms with van der Waals surface area (Å²) in [6.45, 7) is 6.20. The van der Waals surface area contributed by atoms with Gasteiger partial charge in [0, 0.05) is 37.5 Å². The Bertz CT molecular complexity index is 683. The van der Waals surface area contributed by atoms with Crippen molar-refractivity contribution in [1.29, 1.82) is 0 Å². The number of nitrogens with one attached hydrogen (secondary N) is 1. The smallest absolute Gasteiger partial charge is 0.151 e. The summed E-state index contributed by atoms with van der Waals surface area (Å²) in [5.41, 5.74) is 3.17. The zero-order valence-electron chi connectivity index (χ0n) is 13.2. The Labute approximate surface area is 135 Å². The molecule has 0 atom stereocenters. The van der Waals surface area contributed by atoms with Gasteiger partial charge in [-0.15, -0.1) is 5.10 Å². The van der Waals surface area contributed by atoms with Gasteiger partial charge in [0.25, 0.3) is 0 Å². The zero-order valence-corrected chi connectivity index (χ0v) is 13.2. The summed E-state index contributed by atoms with van der Waals surface area (Å²) in [5.74, 6) is 2.47. The molecule has 2 aliphatic heterocycles. The van der Waals surface area contributed by atoms with E-state index in [0.717, 1.165) is 61.2 Å². The number of hydrogen-bond acceptors (Lipinski definition) is 7. The van der Waals surface area contributed by atoms with Crippen molar-refractivity contribution in [2.45, 2.75) is 20.0 Å². The van der Waals surface area contributed by atoms with Gasteiger partial charge in [-0.25, -0.2) is 9.97 Å². The number of anilines is 2. The Morgan fingerprint density at radius 3 is 3.00 bits per heavy atom. The van der Waals surface area contributed by atoms with Crippen molar-refractivity contribution in [1.82, 2.24) is 20.2 Å². The van der Waals surface area contributed by atoms with E-state index in [9.17, 15) is 0 Å². The van der Waals surface area contributed by atoms with Crippen LogP contribution < -0.4 is 10.2 Å². The lowest BCUT2D eigenvalue weighted by molar-refractivity contribution is 0.109. The molecule has 0 amide bonds. The highest BCUT2D eigenvalue weighted by atomic mass is 16.5. The Morgan fingerprint density at radius 2 is 2.17 bits per heavy atom. The van der Waals surface area contributed by atoms with E-state index in [2.05, 4.69) is 30.4 Å². The Hall–Kier alpha value is -2.28. The first-order valence-electron chi connectivity index (χ1n) is 7.99. The van der Waals surface area contributed by atoms with E-state index >= 15 is 0 Å². The molecule has 0 saturated carbocycles. The minimum Gasteiger partial charge on any atom is -0.376 e. The molecule has 2 aliphatic rings. The maximum atomic E-state index is 5.52. The molecule has 4 rings (SSSR count). The average Bonchev–Trinajstić information content (AvgIpc) is 2.55. The van der Waals surface area contributed by atoms with E-state index < -0.39 is 0 Å². The number of nitrogens with zero attached hydrogens (tertiary/aromatic N) is 5.